The van der Waals surface area contributed by atoms with Crippen molar-refractivity contribution in [2.75, 3.05) is 0 Å². The van der Waals surface area contributed by atoms with Gasteiger partial charge in [-0.3, -0.25) is 4.79 Å². The van der Waals surface area contributed by atoms with Crippen molar-refractivity contribution in [3.63, 3.8) is 0 Å². The molecule has 0 atom stereocenters. The molecule has 0 saturated heterocycles. The minimum atomic E-state index is 0.0149. The summed E-state index contributed by atoms with van der Waals surface area (Å²) in [5.41, 5.74) is 4.50. The second-order valence-corrected chi connectivity index (χ2v) is 6.66. The SMILES string of the molecule is O=c1cc(Cn2cncc2Cc2ccccc2)ccn1Cc1ccccc1. The van der Waals surface area contributed by atoms with Crippen LogP contribution in [0.3, 0.4) is 0 Å². The van der Waals surface area contributed by atoms with Crippen molar-refractivity contribution < 1.29 is 0 Å². The second-order valence-electron chi connectivity index (χ2n) is 6.66. The summed E-state index contributed by atoms with van der Waals surface area (Å²) in [6.45, 7) is 1.23. The summed E-state index contributed by atoms with van der Waals surface area (Å²) in [6, 6.07) is 24.1. The van der Waals surface area contributed by atoms with Gasteiger partial charge in [-0.2, -0.15) is 0 Å². The van der Waals surface area contributed by atoms with Gasteiger partial charge in [0.25, 0.3) is 5.56 Å². The van der Waals surface area contributed by atoms with Crippen molar-refractivity contribution in [2.45, 2.75) is 19.5 Å². The van der Waals surface area contributed by atoms with Gasteiger partial charge >= 0.3 is 0 Å². The van der Waals surface area contributed by atoms with E-state index in [1.165, 1.54) is 5.56 Å². The quantitative estimate of drug-likeness (QED) is 0.529. The van der Waals surface area contributed by atoms with Crippen LogP contribution in [0, 0.1) is 0 Å². The van der Waals surface area contributed by atoms with Crippen molar-refractivity contribution >= 4 is 0 Å². The molecule has 2 heterocycles. The van der Waals surface area contributed by atoms with E-state index in [1.54, 1.807) is 10.6 Å². The van der Waals surface area contributed by atoms with Crippen LogP contribution in [0.25, 0.3) is 0 Å². The molecule has 0 fully saturated rings. The normalized spacial score (nSPS) is 10.8. The Bertz CT molecular complexity index is 1070. The first-order chi connectivity index (χ1) is 13.3. The lowest BCUT2D eigenvalue weighted by Gasteiger charge is -2.10. The molecule has 0 aliphatic heterocycles. The molecule has 4 heteroatoms. The van der Waals surface area contributed by atoms with E-state index in [0.29, 0.717) is 13.1 Å². The maximum absolute atomic E-state index is 12.5. The zero-order valence-corrected chi connectivity index (χ0v) is 15.0. The number of hydrogen-bond donors (Lipinski definition) is 0. The minimum Gasteiger partial charge on any atom is -0.330 e. The fraction of sp³-hybridized carbons (Fsp3) is 0.130. The number of rotatable bonds is 6. The van der Waals surface area contributed by atoms with Gasteiger partial charge in [-0.15, -0.1) is 0 Å². The van der Waals surface area contributed by atoms with Crippen molar-refractivity contribution in [1.82, 2.24) is 14.1 Å². The van der Waals surface area contributed by atoms with Crippen LogP contribution in [0.4, 0.5) is 0 Å². The highest BCUT2D eigenvalue weighted by Gasteiger charge is 2.06. The third-order valence-electron chi connectivity index (χ3n) is 4.64. The molecule has 27 heavy (non-hydrogen) atoms. The summed E-state index contributed by atoms with van der Waals surface area (Å²) in [4.78, 5) is 16.8. The average molecular weight is 355 g/mol. The average Bonchev–Trinajstić information content (AvgIpc) is 3.12. The van der Waals surface area contributed by atoms with Crippen LogP contribution in [-0.4, -0.2) is 14.1 Å². The third kappa shape index (κ3) is 4.23. The molecule has 0 saturated carbocycles. The highest BCUT2D eigenvalue weighted by molar-refractivity contribution is 5.22. The highest BCUT2D eigenvalue weighted by atomic mass is 16.1. The van der Waals surface area contributed by atoms with Crippen LogP contribution in [0.2, 0.25) is 0 Å². The van der Waals surface area contributed by atoms with Crippen molar-refractivity contribution in [1.29, 1.82) is 0 Å². The Balaban J connectivity index is 1.50. The molecular weight excluding hydrogens is 334 g/mol. The summed E-state index contributed by atoms with van der Waals surface area (Å²) in [7, 11) is 0. The van der Waals surface area contributed by atoms with Gasteiger partial charge < -0.3 is 9.13 Å². The van der Waals surface area contributed by atoms with Gasteiger partial charge in [0.1, 0.15) is 0 Å². The predicted octanol–water partition coefficient (Wildman–Crippen LogP) is 3.73. The van der Waals surface area contributed by atoms with Crippen LogP contribution in [0.5, 0.6) is 0 Å². The number of aromatic nitrogens is 3. The van der Waals surface area contributed by atoms with Crippen molar-refractivity contribution in [3.05, 3.63) is 124 Å². The van der Waals surface area contributed by atoms with Crippen LogP contribution >= 0.6 is 0 Å². The molecule has 0 aliphatic rings. The van der Waals surface area contributed by atoms with E-state index in [4.69, 9.17) is 0 Å². The summed E-state index contributed by atoms with van der Waals surface area (Å²) in [6.07, 6.45) is 6.42. The fourth-order valence-corrected chi connectivity index (χ4v) is 3.20. The Hall–Kier alpha value is -3.40. The largest absolute Gasteiger partial charge is 0.330 e. The van der Waals surface area contributed by atoms with Crippen molar-refractivity contribution in [2.24, 2.45) is 0 Å². The van der Waals surface area contributed by atoms with Gasteiger partial charge in [0.05, 0.1) is 12.9 Å². The molecule has 0 spiro atoms. The highest BCUT2D eigenvalue weighted by Crippen LogP contribution is 2.11. The van der Waals surface area contributed by atoms with Crippen LogP contribution in [0.15, 0.2) is 96.3 Å². The molecule has 0 amide bonds. The molecule has 134 valence electrons. The Kier molecular flexibility index (Phi) is 4.97. The van der Waals surface area contributed by atoms with E-state index in [0.717, 1.165) is 23.2 Å². The van der Waals surface area contributed by atoms with Gasteiger partial charge in [-0.25, -0.2) is 4.98 Å². The fourth-order valence-electron chi connectivity index (χ4n) is 3.20. The molecule has 2 aromatic carbocycles. The van der Waals surface area contributed by atoms with Gasteiger partial charge in [-0.1, -0.05) is 60.7 Å². The van der Waals surface area contributed by atoms with Crippen LogP contribution < -0.4 is 5.56 Å². The molecule has 0 unspecified atom stereocenters. The first-order valence-corrected chi connectivity index (χ1v) is 9.04. The van der Waals surface area contributed by atoms with Gasteiger partial charge in [0.2, 0.25) is 0 Å². The van der Waals surface area contributed by atoms with Gasteiger partial charge in [-0.05, 0) is 22.8 Å². The molecule has 0 N–H and O–H groups in total. The molecule has 0 radical (unpaired) electrons. The zero-order chi connectivity index (χ0) is 18.5. The first-order valence-electron chi connectivity index (χ1n) is 9.04. The molecule has 0 aliphatic carbocycles. The lowest BCUT2D eigenvalue weighted by molar-refractivity contribution is 0.725. The smallest absolute Gasteiger partial charge is 0.251 e. The number of hydrogen-bond acceptors (Lipinski definition) is 2. The molecule has 2 aromatic heterocycles. The molecule has 4 aromatic rings. The Labute approximate surface area is 158 Å². The van der Waals surface area contributed by atoms with Crippen LogP contribution in [0.1, 0.15) is 22.4 Å². The van der Waals surface area contributed by atoms with E-state index < -0.39 is 0 Å². The predicted molar refractivity (Wildman–Crippen MR) is 107 cm³/mol. The molecule has 0 bridgehead atoms. The number of benzene rings is 2. The third-order valence-corrected chi connectivity index (χ3v) is 4.64. The molecular formula is C23H21N3O. The monoisotopic (exact) mass is 355 g/mol. The van der Waals surface area contributed by atoms with Crippen molar-refractivity contribution in [3.8, 4) is 0 Å². The summed E-state index contributed by atoms with van der Waals surface area (Å²) in [5, 5.41) is 0. The molecule has 4 rings (SSSR count). The van der Waals surface area contributed by atoms with E-state index >= 15 is 0 Å². The number of pyridine rings is 1. The lowest BCUT2D eigenvalue weighted by atomic mass is 10.1. The lowest BCUT2D eigenvalue weighted by Crippen LogP contribution is -2.20. The van der Waals surface area contributed by atoms with E-state index in [-0.39, 0.29) is 5.56 Å². The van der Waals surface area contributed by atoms with Crippen LogP contribution in [-0.2, 0) is 19.5 Å². The van der Waals surface area contributed by atoms with Gasteiger partial charge in [0.15, 0.2) is 0 Å². The van der Waals surface area contributed by atoms with Gasteiger partial charge in [0, 0.05) is 37.1 Å². The topological polar surface area (TPSA) is 39.8 Å². The zero-order valence-electron chi connectivity index (χ0n) is 15.0. The summed E-state index contributed by atoms with van der Waals surface area (Å²) in [5.74, 6) is 0. The second kappa shape index (κ2) is 7.87. The minimum absolute atomic E-state index is 0.0149. The summed E-state index contributed by atoms with van der Waals surface area (Å²) < 4.78 is 3.83. The van der Waals surface area contributed by atoms with E-state index in [1.807, 2.05) is 73.3 Å². The maximum atomic E-state index is 12.5. The Morgan fingerprint density at radius 3 is 2.11 bits per heavy atom. The number of nitrogens with zero attached hydrogens (tertiary/aromatic N) is 3. The standard InChI is InChI=1S/C23H21N3O/c27-23-14-21(11-12-25(23)16-20-9-5-2-6-10-20)17-26-18-24-15-22(26)13-19-7-3-1-4-8-19/h1-12,14-15,18H,13,16-17H2. The van der Waals surface area contributed by atoms with E-state index in [9.17, 15) is 4.79 Å². The maximum Gasteiger partial charge on any atom is 0.251 e. The Morgan fingerprint density at radius 2 is 1.41 bits per heavy atom. The molecule has 4 nitrogen and oxygen atoms in total. The summed E-state index contributed by atoms with van der Waals surface area (Å²) >= 11 is 0. The Morgan fingerprint density at radius 1 is 0.741 bits per heavy atom. The number of imidazole rings is 1. The van der Waals surface area contributed by atoms with E-state index in [2.05, 4.69) is 21.7 Å². The first kappa shape index (κ1) is 17.0.